The maximum atomic E-state index is 13.3. The highest BCUT2D eigenvalue weighted by atomic mass is 16.1. The third-order valence-electron chi connectivity index (χ3n) is 8.73. The molecule has 2 aliphatic rings. The predicted molar refractivity (Wildman–Crippen MR) is 155 cm³/mol. The summed E-state index contributed by atoms with van der Waals surface area (Å²) in [6.45, 7) is 3.59. The first-order chi connectivity index (χ1) is 19.1. The Morgan fingerprint density at radius 2 is 1.72 bits per heavy atom. The van der Waals surface area contributed by atoms with Crippen molar-refractivity contribution >= 4 is 33.4 Å². The lowest BCUT2D eigenvalue weighted by Crippen LogP contribution is -2.39. The van der Waals surface area contributed by atoms with Crippen LogP contribution in [0.4, 0.5) is 0 Å². The molecule has 6 rings (SSSR count). The molecule has 1 saturated carbocycles. The normalized spacial score (nSPS) is 19.0. The van der Waals surface area contributed by atoms with E-state index in [0.717, 1.165) is 35.2 Å². The highest BCUT2D eigenvalue weighted by molar-refractivity contribution is 6.06. The number of nitrogens with one attached hydrogen (secondary N) is 1. The number of piperidine rings is 1. The molecule has 1 unspecified atom stereocenters. The van der Waals surface area contributed by atoms with E-state index in [1.807, 2.05) is 48.5 Å². The lowest BCUT2D eigenvalue weighted by molar-refractivity contribution is 0.0948. The Morgan fingerprint density at radius 3 is 2.59 bits per heavy atom. The van der Waals surface area contributed by atoms with Gasteiger partial charge in [-0.3, -0.25) is 14.6 Å². The van der Waals surface area contributed by atoms with Gasteiger partial charge >= 0.3 is 0 Å². The van der Waals surface area contributed by atoms with Gasteiger partial charge in [-0.1, -0.05) is 49.6 Å². The molecule has 3 heterocycles. The number of carbonyl (C=O) groups excluding carboxylic acids is 2. The molecule has 1 aliphatic carbocycles. The van der Waals surface area contributed by atoms with E-state index in [2.05, 4.69) is 14.9 Å². The number of likely N-dealkylation sites (tertiary alicyclic amines) is 1. The van der Waals surface area contributed by atoms with Gasteiger partial charge in [-0.05, 0) is 74.1 Å². The molecule has 0 radical (unpaired) electrons. The molecule has 4 aromatic rings. The third-order valence-corrected chi connectivity index (χ3v) is 8.73. The van der Waals surface area contributed by atoms with Crippen LogP contribution in [0.25, 0.3) is 21.8 Å². The average molecular weight is 523 g/mol. The maximum Gasteiger partial charge on any atom is 0.188 e. The summed E-state index contributed by atoms with van der Waals surface area (Å²) < 4.78 is 0. The minimum atomic E-state index is -0.0947. The largest absolute Gasteiger partial charge is 0.342 e. The van der Waals surface area contributed by atoms with Gasteiger partial charge in [0.25, 0.3) is 0 Å². The molecule has 0 bridgehead atoms. The molecular formula is C33H38N4O2. The van der Waals surface area contributed by atoms with Gasteiger partial charge in [-0.2, -0.15) is 0 Å². The van der Waals surface area contributed by atoms with Crippen LogP contribution in [0.3, 0.4) is 0 Å². The van der Waals surface area contributed by atoms with Crippen LogP contribution in [-0.4, -0.2) is 51.1 Å². The Balaban J connectivity index is 1.08. The summed E-state index contributed by atoms with van der Waals surface area (Å²) in [7, 11) is 0. The van der Waals surface area contributed by atoms with E-state index in [9.17, 15) is 9.59 Å². The second-order valence-electron chi connectivity index (χ2n) is 11.6. The van der Waals surface area contributed by atoms with Gasteiger partial charge in [0, 0.05) is 36.7 Å². The van der Waals surface area contributed by atoms with E-state index in [1.54, 1.807) is 6.20 Å². The van der Waals surface area contributed by atoms with Crippen LogP contribution in [0, 0.1) is 11.8 Å². The fourth-order valence-electron chi connectivity index (χ4n) is 6.63. The van der Waals surface area contributed by atoms with Crippen LogP contribution in [0.2, 0.25) is 0 Å². The number of Topliss-reactive ketones (excluding diaryl/α,β-unsaturated/α-hetero) is 2. The van der Waals surface area contributed by atoms with Gasteiger partial charge in [-0.15, -0.1) is 0 Å². The van der Waals surface area contributed by atoms with Crippen LogP contribution < -0.4 is 0 Å². The number of rotatable bonds is 9. The standard InChI is InChI=1S/C33H38N4O2/c38-30(16-15-24-10-7-17-37(22-24)21-23-8-2-1-3-9-23)27-13-6-14-28-33(27)36-32(35-28)19-31(39)29-18-25-11-4-5-12-26(25)20-34-29/h4-6,11-14,18,20,23-24H,1-3,7-10,15-17,19,21-22H2,(H,35,36). The maximum absolute atomic E-state index is 13.3. The Bertz CT molecular complexity index is 1470. The first-order valence-corrected chi connectivity index (χ1v) is 14.7. The van der Waals surface area contributed by atoms with Gasteiger partial charge in [0.1, 0.15) is 11.5 Å². The van der Waals surface area contributed by atoms with Gasteiger partial charge in [0.2, 0.25) is 0 Å². The zero-order valence-corrected chi connectivity index (χ0v) is 22.7. The van der Waals surface area contributed by atoms with Crippen molar-refractivity contribution in [2.45, 2.75) is 64.2 Å². The third kappa shape index (κ3) is 6.11. The summed E-state index contributed by atoms with van der Waals surface area (Å²) in [6.07, 6.45) is 12.8. The molecule has 39 heavy (non-hydrogen) atoms. The van der Waals surface area contributed by atoms with Crippen LogP contribution >= 0.6 is 0 Å². The van der Waals surface area contributed by atoms with Crippen molar-refractivity contribution in [2.75, 3.05) is 19.6 Å². The van der Waals surface area contributed by atoms with E-state index >= 15 is 0 Å². The van der Waals surface area contributed by atoms with E-state index in [-0.39, 0.29) is 18.0 Å². The molecular weight excluding hydrogens is 484 g/mol. The quantitative estimate of drug-likeness (QED) is 0.245. The predicted octanol–water partition coefficient (Wildman–Crippen LogP) is 6.79. The number of ketones is 2. The number of para-hydroxylation sites is 1. The minimum absolute atomic E-state index is 0.0947. The Hall–Kier alpha value is -3.38. The molecule has 6 nitrogen and oxygen atoms in total. The number of pyridine rings is 1. The number of carbonyl (C=O) groups is 2. The van der Waals surface area contributed by atoms with E-state index in [4.69, 9.17) is 4.98 Å². The molecule has 2 fully saturated rings. The number of fused-ring (bicyclic) bond motifs is 2. The highest BCUT2D eigenvalue weighted by Crippen LogP contribution is 2.28. The lowest BCUT2D eigenvalue weighted by Gasteiger charge is -2.36. The van der Waals surface area contributed by atoms with Gasteiger partial charge in [0.05, 0.1) is 17.5 Å². The lowest BCUT2D eigenvalue weighted by atomic mass is 9.87. The minimum Gasteiger partial charge on any atom is -0.342 e. The van der Waals surface area contributed by atoms with Crippen LogP contribution in [0.5, 0.6) is 0 Å². The Labute approximate surface area is 230 Å². The molecule has 1 aliphatic heterocycles. The number of imidazole rings is 1. The number of hydrogen-bond donors (Lipinski definition) is 1. The zero-order chi connectivity index (χ0) is 26.6. The topological polar surface area (TPSA) is 79.0 Å². The summed E-state index contributed by atoms with van der Waals surface area (Å²) in [4.78, 5) is 41.3. The summed E-state index contributed by atoms with van der Waals surface area (Å²) >= 11 is 0. The van der Waals surface area contributed by atoms with E-state index in [0.29, 0.717) is 34.9 Å². The Morgan fingerprint density at radius 1 is 0.897 bits per heavy atom. The molecule has 2 aromatic heterocycles. The highest BCUT2D eigenvalue weighted by Gasteiger charge is 2.24. The van der Waals surface area contributed by atoms with Crippen molar-refractivity contribution in [3.8, 4) is 0 Å². The summed E-state index contributed by atoms with van der Waals surface area (Å²) in [5.41, 5.74) is 2.54. The van der Waals surface area contributed by atoms with Crippen molar-refractivity contribution in [1.29, 1.82) is 0 Å². The van der Waals surface area contributed by atoms with Crippen molar-refractivity contribution in [3.05, 3.63) is 71.8 Å². The molecule has 6 heteroatoms. The summed E-state index contributed by atoms with van der Waals surface area (Å²) in [5, 5.41) is 1.99. The number of hydrogen-bond acceptors (Lipinski definition) is 5. The van der Waals surface area contributed by atoms with Crippen LogP contribution in [-0.2, 0) is 6.42 Å². The van der Waals surface area contributed by atoms with Gasteiger partial charge < -0.3 is 9.88 Å². The van der Waals surface area contributed by atoms with Crippen molar-refractivity contribution in [2.24, 2.45) is 11.8 Å². The summed E-state index contributed by atoms with van der Waals surface area (Å²) in [6, 6.07) is 15.4. The molecule has 1 saturated heterocycles. The number of aromatic amines is 1. The van der Waals surface area contributed by atoms with Gasteiger partial charge in [0.15, 0.2) is 11.6 Å². The number of nitrogens with zero attached hydrogens (tertiary/aromatic N) is 3. The number of aromatic nitrogens is 3. The van der Waals surface area contributed by atoms with Crippen LogP contribution in [0.1, 0.15) is 84.5 Å². The first kappa shape index (κ1) is 25.9. The second kappa shape index (κ2) is 11.8. The van der Waals surface area contributed by atoms with Crippen LogP contribution in [0.15, 0.2) is 54.7 Å². The molecule has 1 atom stereocenters. The fraction of sp³-hybridized carbons (Fsp3) is 0.455. The molecule has 2 aromatic carbocycles. The SMILES string of the molecule is O=C(Cc1nc2c(C(=O)CCC3CCCN(CC4CCCCC4)C3)cccc2[nH]1)c1cc2ccccc2cn1. The monoisotopic (exact) mass is 522 g/mol. The molecule has 1 N–H and O–H groups in total. The average Bonchev–Trinajstić information content (AvgIpc) is 3.39. The fourth-order valence-corrected chi connectivity index (χ4v) is 6.63. The summed E-state index contributed by atoms with van der Waals surface area (Å²) in [5.74, 6) is 2.07. The molecule has 0 spiro atoms. The zero-order valence-electron chi connectivity index (χ0n) is 22.7. The first-order valence-electron chi connectivity index (χ1n) is 14.7. The van der Waals surface area contributed by atoms with Crippen molar-refractivity contribution < 1.29 is 9.59 Å². The van der Waals surface area contributed by atoms with Gasteiger partial charge in [-0.25, -0.2) is 4.98 Å². The van der Waals surface area contributed by atoms with E-state index in [1.165, 1.54) is 58.0 Å². The smallest absolute Gasteiger partial charge is 0.188 e. The molecule has 202 valence electrons. The Kier molecular flexibility index (Phi) is 7.82. The van der Waals surface area contributed by atoms with Crippen molar-refractivity contribution in [3.63, 3.8) is 0 Å². The second-order valence-corrected chi connectivity index (χ2v) is 11.6. The van der Waals surface area contributed by atoms with Crippen molar-refractivity contribution in [1.82, 2.24) is 19.9 Å². The molecule has 0 amide bonds. The number of benzene rings is 2. The van der Waals surface area contributed by atoms with E-state index < -0.39 is 0 Å². The number of H-pyrrole nitrogens is 1.